The van der Waals surface area contributed by atoms with Crippen molar-refractivity contribution in [2.45, 2.75) is 37.9 Å². The van der Waals surface area contributed by atoms with E-state index in [1.54, 1.807) is 0 Å². The average Bonchev–Trinajstić information content (AvgIpc) is 2.37. The fraction of sp³-hybridized carbons (Fsp3) is 1.00. The molecule has 1 spiro atoms. The highest BCUT2D eigenvalue weighted by molar-refractivity contribution is 5.01. The molecule has 3 heteroatoms. The fourth-order valence-corrected chi connectivity index (χ4v) is 2.66. The topological polar surface area (TPSA) is 38.0 Å². The number of hydrogen-bond acceptors (Lipinski definition) is 2. The van der Waals surface area contributed by atoms with Crippen LogP contribution in [0.4, 0.5) is 4.39 Å². The zero-order valence-corrected chi connectivity index (χ0v) is 7.35. The van der Waals surface area contributed by atoms with Gasteiger partial charge in [0.05, 0.1) is 0 Å². The molecule has 3 N–H and O–H groups in total. The van der Waals surface area contributed by atoms with E-state index in [1.165, 1.54) is 0 Å². The molecule has 2 aliphatic rings. The average molecular weight is 172 g/mol. The highest BCUT2D eigenvalue weighted by Crippen LogP contribution is 2.45. The molecule has 0 aromatic rings. The van der Waals surface area contributed by atoms with Crippen molar-refractivity contribution < 1.29 is 4.39 Å². The maximum atomic E-state index is 13.2. The van der Waals surface area contributed by atoms with E-state index in [4.69, 9.17) is 5.73 Å². The minimum absolute atomic E-state index is 0.144. The molecule has 1 heterocycles. The highest BCUT2D eigenvalue weighted by atomic mass is 19.1. The first kappa shape index (κ1) is 8.45. The van der Waals surface area contributed by atoms with Gasteiger partial charge in [0.15, 0.2) is 0 Å². The zero-order valence-electron chi connectivity index (χ0n) is 7.35. The molecule has 2 nitrogen and oxygen atoms in total. The van der Waals surface area contributed by atoms with Gasteiger partial charge in [-0.1, -0.05) is 0 Å². The SMILES string of the molecule is N[C@@H]1[C@H](F)CCC12CCNCC2. The van der Waals surface area contributed by atoms with Gasteiger partial charge in [-0.15, -0.1) is 0 Å². The van der Waals surface area contributed by atoms with E-state index in [0.717, 1.165) is 32.4 Å². The first-order chi connectivity index (χ1) is 5.75. The lowest BCUT2D eigenvalue weighted by Crippen LogP contribution is -2.47. The first-order valence-electron chi connectivity index (χ1n) is 4.85. The van der Waals surface area contributed by atoms with Crippen LogP contribution in [0, 0.1) is 5.41 Å². The molecular formula is C9H17FN2. The van der Waals surface area contributed by atoms with Crippen LogP contribution >= 0.6 is 0 Å². The predicted molar refractivity (Wildman–Crippen MR) is 46.6 cm³/mol. The molecule has 12 heavy (non-hydrogen) atoms. The summed E-state index contributed by atoms with van der Waals surface area (Å²) in [5.41, 5.74) is 6.03. The van der Waals surface area contributed by atoms with Crippen LogP contribution in [-0.4, -0.2) is 25.3 Å². The second kappa shape index (κ2) is 2.96. The Hall–Kier alpha value is -0.150. The Balaban J connectivity index is 2.09. The van der Waals surface area contributed by atoms with Crippen molar-refractivity contribution in [1.82, 2.24) is 5.32 Å². The lowest BCUT2D eigenvalue weighted by Gasteiger charge is -2.37. The van der Waals surface area contributed by atoms with Crippen LogP contribution in [0.3, 0.4) is 0 Å². The Morgan fingerprint density at radius 1 is 1.25 bits per heavy atom. The van der Waals surface area contributed by atoms with Crippen LogP contribution in [0.5, 0.6) is 0 Å². The van der Waals surface area contributed by atoms with Crippen molar-refractivity contribution in [2.75, 3.05) is 13.1 Å². The molecule has 2 atom stereocenters. The molecule has 1 saturated carbocycles. The smallest absolute Gasteiger partial charge is 0.116 e. The van der Waals surface area contributed by atoms with E-state index in [-0.39, 0.29) is 11.5 Å². The lowest BCUT2D eigenvalue weighted by atomic mass is 9.75. The minimum atomic E-state index is -0.747. The van der Waals surface area contributed by atoms with Gasteiger partial charge in [-0.2, -0.15) is 0 Å². The van der Waals surface area contributed by atoms with E-state index in [1.807, 2.05) is 0 Å². The van der Waals surface area contributed by atoms with E-state index in [9.17, 15) is 4.39 Å². The normalized spacial score (nSPS) is 40.5. The van der Waals surface area contributed by atoms with Gasteiger partial charge in [-0.05, 0) is 44.2 Å². The molecule has 2 fully saturated rings. The summed E-state index contributed by atoms with van der Waals surface area (Å²) < 4.78 is 13.2. The third kappa shape index (κ3) is 1.15. The molecule has 0 radical (unpaired) electrons. The number of nitrogens with one attached hydrogen (secondary N) is 1. The van der Waals surface area contributed by atoms with Crippen molar-refractivity contribution in [3.8, 4) is 0 Å². The minimum Gasteiger partial charge on any atom is -0.325 e. The highest BCUT2D eigenvalue weighted by Gasteiger charge is 2.46. The molecule has 2 rings (SSSR count). The molecule has 0 aromatic carbocycles. The summed E-state index contributed by atoms with van der Waals surface area (Å²) in [6, 6.07) is -0.195. The van der Waals surface area contributed by atoms with Gasteiger partial charge in [0.1, 0.15) is 6.17 Å². The van der Waals surface area contributed by atoms with Crippen LogP contribution in [0.1, 0.15) is 25.7 Å². The largest absolute Gasteiger partial charge is 0.325 e. The second-order valence-corrected chi connectivity index (χ2v) is 4.19. The molecule has 0 unspecified atom stereocenters. The number of hydrogen-bond donors (Lipinski definition) is 2. The van der Waals surface area contributed by atoms with Gasteiger partial charge >= 0.3 is 0 Å². The van der Waals surface area contributed by atoms with Crippen molar-refractivity contribution in [3.63, 3.8) is 0 Å². The number of piperidine rings is 1. The Bertz CT molecular complexity index is 160. The fourth-order valence-electron chi connectivity index (χ4n) is 2.66. The summed E-state index contributed by atoms with van der Waals surface area (Å²) in [7, 11) is 0. The Morgan fingerprint density at radius 3 is 2.42 bits per heavy atom. The summed E-state index contributed by atoms with van der Waals surface area (Å²) in [5.74, 6) is 0. The number of halogens is 1. The number of nitrogens with two attached hydrogens (primary N) is 1. The monoisotopic (exact) mass is 172 g/mol. The van der Waals surface area contributed by atoms with Gasteiger partial charge in [0.25, 0.3) is 0 Å². The van der Waals surface area contributed by atoms with Crippen LogP contribution in [0.25, 0.3) is 0 Å². The molecule has 1 aliphatic heterocycles. The van der Waals surface area contributed by atoms with Crippen molar-refractivity contribution in [1.29, 1.82) is 0 Å². The molecule has 1 saturated heterocycles. The zero-order chi connectivity index (χ0) is 8.60. The molecule has 0 amide bonds. The number of rotatable bonds is 0. The molecular weight excluding hydrogens is 155 g/mol. The van der Waals surface area contributed by atoms with Gasteiger partial charge in [0.2, 0.25) is 0 Å². The Labute approximate surface area is 72.7 Å². The van der Waals surface area contributed by atoms with E-state index in [2.05, 4.69) is 5.32 Å². The quantitative estimate of drug-likeness (QED) is 0.567. The van der Waals surface area contributed by atoms with Gasteiger partial charge < -0.3 is 11.1 Å². The summed E-state index contributed by atoms with van der Waals surface area (Å²) in [6.45, 7) is 2.03. The Morgan fingerprint density at radius 2 is 1.92 bits per heavy atom. The van der Waals surface area contributed by atoms with Gasteiger partial charge in [-0.25, -0.2) is 4.39 Å². The third-order valence-electron chi connectivity index (χ3n) is 3.61. The van der Waals surface area contributed by atoms with Crippen molar-refractivity contribution >= 4 is 0 Å². The molecule has 0 aromatic heterocycles. The van der Waals surface area contributed by atoms with E-state index in [0.29, 0.717) is 6.42 Å². The van der Waals surface area contributed by atoms with Gasteiger partial charge in [0, 0.05) is 6.04 Å². The second-order valence-electron chi connectivity index (χ2n) is 4.19. The molecule has 0 bridgehead atoms. The molecule has 1 aliphatic carbocycles. The maximum Gasteiger partial charge on any atom is 0.116 e. The standard InChI is InChI=1S/C9H17FN2/c10-7-1-2-9(8(7)11)3-5-12-6-4-9/h7-8,12H,1-6,11H2/t7-,8-/m1/s1. The van der Waals surface area contributed by atoms with E-state index >= 15 is 0 Å². The van der Waals surface area contributed by atoms with E-state index < -0.39 is 6.17 Å². The summed E-state index contributed by atoms with van der Waals surface area (Å²) in [6.07, 6.45) is 3.06. The Kier molecular flexibility index (Phi) is 2.09. The first-order valence-corrected chi connectivity index (χ1v) is 4.85. The van der Waals surface area contributed by atoms with Crippen molar-refractivity contribution in [2.24, 2.45) is 11.1 Å². The van der Waals surface area contributed by atoms with Crippen LogP contribution < -0.4 is 11.1 Å². The summed E-state index contributed by atoms with van der Waals surface area (Å²) in [5, 5.41) is 3.29. The lowest BCUT2D eigenvalue weighted by molar-refractivity contribution is 0.157. The van der Waals surface area contributed by atoms with Crippen LogP contribution in [0.15, 0.2) is 0 Å². The molecule has 70 valence electrons. The predicted octanol–water partition coefficient (Wildman–Crippen LogP) is 0.815. The maximum absolute atomic E-state index is 13.2. The van der Waals surface area contributed by atoms with Crippen LogP contribution in [0.2, 0.25) is 0 Å². The van der Waals surface area contributed by atoms with Crippen molar-refractivity contribution in [3.05, 3.63) is 0 Å². The van der Waals surface area contributed by atoms with Gasteiger partial charge in [-0.3, -0.25) is 0 Å². The summed E-state index contributed by atoms with van der Waals surface area (Å²) >= 11 is 0. The van der Waals surface area contributed by atoms with Crippen LogP contribution in [-0.2, 0) is 0 Å². The number of alkyl halides is 1. The summed E-state index contributed by atoms with van der Waals surface area (Å²) in [4.78, 5) is 0. The third-order valence-corrected chi connectivity index (χ3v) is 3.61.